The first-order valence-electron chi connectivity index (χ1n) is 2.43. The fraction of sp³-hybridized carbons (Fsp3) is 0.200. The summed E-state index contributed by atoms with van der Waals surface area (Å²) in [4.78, 5) is 0. The van der Waals surface area contributed by atoms with Crippen molar-refractivity contribution in [1.82, 2.24) is 0 Å². The Kier molecular flexibility index (Phi) is 2.26. The van der Waals surface area contributed by atoms with Gasteiger partial charge in [-0.15, -0.1) is 0 Å². The molecule has 0 aliphatic heterocycles. The van der Waals surface area contributed by atoms with Gasteiger partial charge in [-0.05, 0) is 22.4 Å². The summed E-state index contributed by atoms with van der Waals surface area (Å²) in [6.45, 7) is 0.801. The zero-order chi connectivity index (χ0) is 5.82. The van der Waals surface area contributed by atoms with Crippen LogP contribution in [-0.2, 0) is 11.0 Å². The molecule has 0 unspecified atom stereocenters. The van der Waals surface area contributed by atoms with Crippen LogP contribution in [0.4, 0.5) is 0 Å². The van der Waals surface area contributed by atoms with E-state index in [9.17, 15) is 0 Å². The lowest BCUT2D eigenvalue weighted by Crippen LogP contribution is -1.82. The van der Waals surface area contributed by atoms with E-state index in [1.54, 1.807) is 11.3 Å². The maximum Gasteiger partial charge on any atom is 0.146 e. The number of thiophene rings is 1. The second kappa shape index (κ2) is 3.01. The Morgan fingerprint density at radius 1 is 1.75 bits per heavy atom. The molecule has 0 spiro atoms. The van der Waals surface area contributed by atoms with E-state index in [2.05, 4.69) is 16.8 Å². The molecule has 1 aromatic rings. The van der Waals surface area contributed by atoms with Gasteiger partial charge in [0.25, 0.3) is 0 Å². The number of rotatable bonds is 2. The van der Waals surface area contributed by atoms with Gasteiger partial charge < -0.3 is 4.43 Å². The van der Waals surface area contributed by atoms with Gasteiger partial charge in [0.2, 0.25) is 0 Å². The molecule has 0 fully saturated rings. The molecule has 8 heavy (non-hydrogen) atoms. The predicted molar refractivity (Wildman–Crippen MR) is 39.0 cm³/mol. The van der Waals surface area contributed by atoms with Crippen molar-refractivity contribution in [2.45, 2.75) is 6.61 Å². The van der Waals surface area contributed by atoms with Crippen LogP contribution in [0.1, 0.15) is 5.56 Å². The maximum absolute atomic E-state index is 5.03. The fourth-order valence-electron chi connectivity index (χ4n) is 0.541. The van der Waals surface area contributed by atoms with E-state index in [0.29, 0.717) is 0 Å². The molecule has 1 heterocycles. The van der Waals surface area contributed by atoms with Gasteiger partial charge in [0, 0.05) is 0 Å². The molecule has 3 heteroatoms. The van der Waals surface area contributed by atoms with Crippen LogP contribution in [0.3, 0.4) is 0 Å². The first-order valence-corrected chi connectivity index (χ1v) is 4.19. The Morgan fingerprint density at radius 2 is 2.62 bits per heavy atom. The van der Waals surface area contributed by atoms with Crippen LogP contribution in [0, 0.1) is 0 Å². The van der Waals surface area contributed by atoms with Gasteiger partial charge in [0.15, 0.2) is 0 Å². The van der Waals surface area contributed by atoms with Gasteiger partial charge in [0.05, 0.1) is 6.61 Å². The largest absolute Gasteiger partial charge is 0.424 e. The monoisotopic (exact) mass is 144 g/mol. The molecule has 1 aromatic heterocycles. The van der Waals surface area contributed by atoms with Gasteiger partial charge in [-0.25, -0.2) is 0 Å². The molecular formula is C5H8OSSi. The molecule has 0 aromatic carbocycles. The first kappa shape index (κ1) is 6.00. The Balaban J connectivity index is 2.50. The van der Waals surface area contributed by atoms with Gasteiger partial charge in [0.1, 0.15) is 10.5 Å². The summed E-state index contributed by atoms with van der Waals surface area (Å²) in [5.41, 5.74) is 1.30. The molecule has 0 N–H and O–H groups in total. The van der Waals surface area contributed by atoms with E-state index in [1.807, 2.05) is 0 Å². The molecular weight excluding hydrogens is 136 g/mol. The van der Waals surface area contributed by atoms with Crippen LogP contribution in [-0.4, -0.2) is 10.5 Å². The van der Waals surface area contributed by atoms with Crippen LogP contribution >= 0.6 is 11.3 Å². The van der Waals surface area contributed by atoms with Crippen molar-refractivity contribution in [3.63, 3.8) is 0 Å². The summed E-state index contributed by atoms with van der Waals surface area (Å²) in [6.07, 6.45) is 0. The maximum atomic E-state index is 5.03. The van der Waals surface area contributed by atoms with Gasteiger partial charge in [-0.2, -0.15) is 11.3 Å². The average molecular weight is 144 g/mol. The molecule has 0 aliphatic carbocycles. The predicted octanol–water partition coefficient (Wildman–Crippen LogP) is 0.545. The molecule has 0 radical (unpaired) electrons. The Bertz CT molecular complexity index is 138. The number of hydrogen-bond acceptors (Lipinski definition) is 2. The van der Waals surface area contributed by atoms with Crippen molar-refractivity contribution in [3.05, 3.63) is 22.4 Å². The fourth-order valence-corrected chi connectivity index (χ4v) is 1.53. The lowest BCUT2D eigenvalue weighted by molar-refractivity contribution is 0.339. The van der Waals surface area contributed by atoms with Crippen molar-refractivity contribution >= 4 is 21.8 Å². The Labute approximate surface area is 55.8 Å². The highest BCUT2D eigenvalue weighted by Gasteiger charge is 1.86. The van der Waals surface area contributed by atoms with Crippen molar-refractivity contribution in [3.8, 4) is 0 Å². The lowest BCUT2D eigenvalue weighted by atomic mass is 10.4. The molecule has 44 valence electrons. The van der Waals surface area contributed by atoms with Gasteiger partial charge >= 0.3 is 0 Å². The molecule has 1 rings (SSSR count). The van der Waals surface area contributed by atoms with Crippen molar-refractivity contribution < 1.29 is 4.43 Å². The minimum Gasteiger partial charge on any atom is -0.424 e. The average Bonchev–Trinajstić information content (AvgIpc) is 2.19. The zero-order valence-electron chi connectivity index (χ0n) is 4.76. The highest BCUT2D eigenvalue weighted by molar-refractivity contribution is 7.07. The van der Waals surface area contributed by atoms with Crippen LogP contribution in [0.2, 0.25) is 0 Å². The molecule has 0 atom stereocenters. The lowest BCUT2D eigenvalue weighted by Gasteiger charge is -1.90. The molecule has 1 nitrogen and oxygen atoms in total. The van der Waals surface area contributed by atoms with Gasteiger partial charge in [-0.1, -0.05) is 0 Å². The van der Waals surface area contributed by atoms with Crippen molar-refractivity contribution in [2.24, 2.45) is 0 Å². The van der Waals surface area contributed by atoms with E-state index >= 15 is 0 Å². The highest BCUT2D eigenvalue weighted by Crippen LogP contribution is 2.05. The second-order valence-corrected chi connectivity index (χ2v) is 2.92. The summed E-state index contributed by atoms with van der Waals surface area (Å²) < 4.78 is 5.03. The topological polar surface area (TPSA) is 9.23 Å². The van der Waals surface area contributed by atoms with Gasteiger partial charge in [-0.3, -0.25) is 0 Å². The van der Waals surface area contributed by atoms with Crippen molar-refractivity contribution in [1.29, 1.82) is 0 Å². The molecule has 0 bridgehead atoms. The standard InChI is InChI=1S/C5H8OSSi/c8-6-3-5-1-2-7-4-5/h1-2,4H,3H2,8H3. The SMILES string of the molecule is [SiH3]OCc1ccsc1. The van der Waals surface area contributed by atoms with E-state index in [4.69, 9.17) is 4.43 Å². The quantitative estimate of drug-likeness (QED) is 0.551. The third-order valence-corrected chi connectivity index (χ3v) is 1.91. The number of hydrogen-bond donors (Lipinski definition) is 0. The summed E-state index contributed by atoms with van der Waals surface area (Å²) in [5, 5.41) is 4.17. The normalized spacial score (nSPS) is 10.0. The molecule has 0 saturated carbocycles. The summed E-state index contributed by atoms with van der Waals surface area (Å²) in [5.74, 6) is 0. The van der Waals surface area contributed by atoms with Crippen molar-refractivity contribution in [2.75, 3.05) is 0 Å². The summed E-state index contributed by atoms with van der Waals surface area (Å²) in [7, 11) is 0.840. The highest BCUT2D eigenvalue weighted by atomic mass is 32.1. The second-order valence-electron chi connectivity index (χ2n) is 1.56. The summed E-state index contributed by atoms with van der Waals surface area (Å²) >= 11 is 1.71. The van der Waals surface area contributed by atoms with E-state index < -0.39 is 0 Å². The third kappa shape index (κ3) is 1.43. The van der Waals surface area contributed by atoms with E-state index in [-0.39, 0.29) is 0 Å². The minimum atomic E-state index is 0.801. The van der Waals surface area contributed by atoms with Crippen LogP contribution in [0.15, 0.2) is 16.8 Å². The first-order chi connectivity index (χ1) is 3.93. The molecule has 0 saturated heterocycles. The van der Waals surface area contributed by atoms with Crippen LogP contribution in [0.25, 0.3) is 0 Å². The smallest absolute Gasteiger partial charge is 0.146 e. The van der Waals surface area contributed by atoms with Crippen LogP contribution < -0.4 is 0 Å². The molecule has 0 amide bonds. The summed E-state index contributed by atoms with van der Waals surface area (Å²) in [6, 6.07) is 2.09. The zero-order valence-corrected chi connectivity index (χ0v) is 7.57. The Hall–Kier alpha value is -0.123. The van der Waals surface area contributed by atoms with E-state index in [0.717, 1.165) is 17.1 Å². The van der Waals surface area contributed by atoms with Crippen LogP contribution in [0.5, 0.6) is 0 Å². The minimum absolute atomic E-state index is 0.801. The molecule has 0 aliphatic rings. The third-order valence-electron chi connectivity index (χ3n) is 0.891. The Morgan fingerprint density at radius 3 is 3.12 bits per heavy atom. The van der Waals surface area contributed by atoms with E-state index in [1.165, 1.54) is 5.56 Å².